The van der Waals surface area contributed by atoms with Crippen molar-refractivity contribution in [3.63, 3.8) is 0 Å². The van der Waals surface area contributed by atoms with Gasteiger partial charge in [0.2, 0.25) is 0 Å². The predicted octanol–water partition coefficient (Wildman–Crippen LogP) is 4.07. The van der Waals surface area contributed by atoms with E-state index in [9.17, 15) is 10.1 Å². The average Bonchev–Trinajstić information content (AvgIpc) is 2.45. The van der Waals surface area contributed by atoms with E-state index in [2.05, 4.69) is 5.32 Å². The largest absolute Gasteiger partial charge is 0.455 e. The van der Waals surface area contributed by atoms with Gasteiger partial charge in [0.15, 0.2) is 5.75 Å². The SMILES string of the molecule is CNCc1ccc(C)c(Oc2cc([N+](=O)[O-])ccc2Cl)c1. The molecule has 2 aromatic carbocycles. The van der Waals surface area contributed by atoms with Gasteiger partial charge in [0.25, 0.3) is 5.69 Å². The van der Waals surface area contributed by atoms with Gasteiger partial charge in [0.05, 0.1) is 16.0 Å². The molecule has 5 nitrogen and oxygen atoms in total. The molecule has 1 N–H and O–H groups in total. The Balaban J connectivity index is 2.35. The number of non-ortho nitro benzene ring substituents is 1. The summed E-state index contributed by atoms with van der Waals surface area (Å²) in [6, 6.07) is 9.95. The van der Waals surface area contributed by atoms with Crippen LogP contribution in [0.4, 0.5) is 5.69 Å². The fourth-order valence-corrected chi connectivity index (χ4v) is 2.03. The maximum atomic E-state index is 10.8. The highest BCUT2D eigenvalue weighted by atomic mass is 35.5. The molecule has 0 aliphatic carbocycles. The number of hydrogen-bond donors (Lipinski definition) is 1. The lowest BCUT2D eigenvalue weighted by molar-refractivity contribution is -0.384. The summed E-state index contributed by atoms with van der Waals surface area (Å²) >= 11 is 6.04. The van der Waals surface area contributed by atoms with Crippen molar-refractivity contribution in [2.75, 3.05) is 7.05 Å². The van der Waals surface area contributed by atoms with E-state index >= 15 is 0 Å². The highest BCUT2D eigenvalue weighted by Crippen LogP contribution is 2.34. The van der Waals surface area contributed by atoms with Gasteiger partial charge in [-0.3, -0.25) is 10.1 Å². The molecule has 110 valence electrons. The van der Waals surface area contributed by atoms with Gasteiger partial charge in [0.1, 0.15) is 5.75 Å². The monoisotopic (exact) mass is 306 g/mol. The third-order valence-electron chi connectivity index (χ3n) is 2.98. The van der Waals surface area contributed by atoms with Crippen LogP contribution in [0.2, 0.25) is 5.02 Å². The third kappa shape index (κ3) is 3.71. The number of hydrogen-bond acceptors (Lipinski definition) is 4. The van der Waals surface area contributed by atoms with Gasteiger partial charge in [-0.1, -0.05) is 23.7 Å². The number of nitrogens with zero attached hydrogens (tertiary/aromatic N) is 1. The molecule has 0 aliphatic rings. The lowest BCUT2D eigenvalue weighted by Gasteiger charge is -2.11. The van der Waals surface area contributed by atoms with E-state index in [-0.39, 0.29) is 11.4 Å². The quantitative estimate of drug-likeness (QED) is 0.668. The molecular weight excluding hydrogens is 292 g/mol. The number of nitro benzene ring substituents is 1. The van der Waals surface area contributed by atoms with Crippen LogP contribution in [-0.4, -0.2) is 12.0 Å². The van der Waals surface area contributed by atoms with Crippen LogP contribution in [0.25, 0.3) is 0 Å². The predicted molar refractivity (Wildman–Crippen MR) is 82.1 cm³/mol. The van der Waals surface area contributed by atoms with Crippen LogP contribution in [-0.2, 0) is 6.54 Å². The standard InChI is InChI=1S/C15H15ClN2O3/c1-10-3-4-11(9-17-2)7-14(10)21-15-8-12(18(19)20)5-6-13(15)16/h3-8,17H,9H2,1-2H3. The van der Waals surface area contributed by atoms with Gasteiger partial charge in [-0.25, -0.2) is 0 Å². The van der Waals surface area contributed by atoms with Crippen LogP contribution in [0.1, 0.15) is 11.1 Å². The molecule has 0 radical (unpaired) electrons. The molecule has 0 spiro atoms. The molecule has 0 unspecified atom stereocenters. The van der Waals surface area contributed by atoms with Crippen LogP contribution < -0.4 is 10.1 Å². The highest BCUT2D eigenvalue weighted by molar-refractivity contribution is 6.32. The van der Waals surface area contributed by atoms with Crippen molar-refractivity contribution in [2.24, 2.45) is 0 Å². The molecule has 21 heavy (non-hydrogen) atoms. The molecule has 0 amide bonds. The number of ether oxygens (including phenoxy) is 1. The van der Waals surface area contributed by atoms with Crippen molar-refractivity contribution in [3.05, 3.63) is 62.7 Å². The van der Waals surface area contributed by atoms with Gasteiger partial charge in [-0.2, -0.15) is 0 Å². The number of rotatable bonds is 5. The summed E-state index contributed by atoms with van der Waals surface area (Å²) in [5.74, 6) is 0.903. The summed E-state index contributed by atoms with van der Waals surface area (Å²) in [6.45, 7) is 2.61. The second kappa shape index (κ2) is 6.56. The molecule has 0 heterocycles. The van der Waals surface area contributed by atoms with Crippen LogP contribution in [0.15, 0.2) is 36.4 Å². The molecule has 0 aliphatic heterocycles. The fourth-order valence-electron chi connectivity index (χ4n) is 1.87. The Hall–Kier alpha value is -2.11. The number of aryl methyl sites for hydroxylation is 1. The topological polar surface area (TPSA) is 64.4 Å². The first-order valence-electron chi connectivity index (χ1n) is 6.37. The van der Waals surface area contributed by atoms with E-state index in [1.807, 2.05) is 32.2 Å². The van der Waals surface area contributed by atoms with E-state index in [4.69, 9.17) is 16.3 Å². The summed E-state index contributed by atoms with van der Waals surface area (Å²) in [4.78, 5) is 10.3. The molecular formula is C15H15ClN2O3. The van der Waals surface area contributed by atoms with Crippen molar-refractivity contribution < 1.29 is 9.66 Å². The molecule has 2 aromatic rings. The van der Waals surface area contributed by atoms with E-state index < -0.39 is 4.92 Å². The van der Waals surface area contributed by atoms with Gasteiger partial charge in [-0.05, 0) is 37.2 Å². The maximum Gasteiger partial charge on any atom is 0.273 e. The number of nitrogens with one attached hydrogen (secondary N) is 1. The number of nitro groups is 1. The molecule has 0 aromatic heterocycles. The van der Waals surface area contributed by atoms with Crippen molar-refractivity contribution in [1.82, 2.24) is 5.32 Å². The summed E-state index contributed by atoms with van der Waals surface area (Å²) in [6.07, 6.45) is 0. The van der Waals surface area contributed by atoms with E-state index in [0.717, 1.165) is 11.1 Å². The smallest absolute Gasteiger partial charge is 0.273 e. The lowest BCUT2D eigenvalue weighted by atomic mass is 10.1. The summed E-state index contributed by atoms with van der Waals surface area (Å²) < 4.78 is 5.75. The maximum absolute atomic E-state index is 10.8. The Morgan fingerprint density at radius 2 is 2.00 bits per heavy atom. The average molecular weight is 307 g/mol. The molecule has 0 fully saturated rings. The van der Waals surface area contributed by atoms with Crippen LogP contribution in [0.3, 0.4) is 0 Å². The van der Waals surface area contributed by atoms with Crippen molar-refractivity contribution in [2.45, 2.75) is 13.5 Å². The van der Waals surface area contributed by atoms with E-state index in [1.165, 1.54) is 18.2 Å². The minimum atomic E-state index is -0.479. The first-order valence-corrected chi connectivity index (χ1v) is 6.75. The molecule has 2 rings (SSSR count). The minimum absolute atomic E-state index is 0.0570. The Morgan fingerprint density at radius 1 is 1.24 bits per heavy atom. The van der Waals surface area contributed by atoms with E-state index in [0.29, 0.717) is 17.3 Å². The van der Waals surface area contributed by atoms with Crippen LogP contribution >= 0.6 is 11.6 Å². The van der Waals surface area contributed by atoms with E-state index in [1.54, 1.807) is 0 Å². The Morgan fingerprint density at radius 3 is 2.67 bits per heavy atom. The van der Waals surface area contributed by atoms with Crippen molar-refractivity contribution in [1.29, 1.82) is 0 Å². The normalized spacial score (nSPS) is 10.4. The number of benzene rings is 2. The second-order valence-corrected chi connectivity index (χ2v) is 5.01. The molecule has 0 saturated carbocycles. The van der Waals surface area contributed by atoms with Gasteiger partial charge >= 0.3 is 0 Å². The zero-order chi connectivity index (χ0) is 15.4. The molecule has 6 heteroatoms. The molecule has 0 atom stereocenters. The summed E-state index contributed by atoms with van der Waals surface area (Å²) in [7, 11) is 1.86. The molecule has 0 saturated heterocycles. The first kappa shape index (κ1) is 15.3. The molecule has 0 bridgehead atoms. The first-order chi connectivity index (χ1) is 10.0. The third-order valence-corrected chi connectivity index (χ3v) is 3.29. The van der Waals surface area contributed by atoms with Gasteiger partial charge in [-0.15, -0.1) is 0 Å². The minimum Gasteiger partial charge on any atom is -0.455 e. The Labute approximate surface area is 127 Å². The number of halogens is 1. The summed E-state index contributed by atoms with van der Waals surface area (Å²) in [5.41, 5.74) is 1.93. The fraction of sp³-hybridized carbons (Fsp3) is 0.200. The van der Waals surface area contributed by atoms with Gasteiger partial charge in [0, 0.05) is 12.6 Å². The van der Waals surface area contributed by atoms with Crippen molar-refractivity contribution in [3.8, 4) is 11.5 Å². The Kier molecular flexibility index (Phi) is 4.77. The second-order valence-electron chi connectivity index (χ2n) is 4.60. The van der Waals surface area contributed by atoms with Gasteiger partial charge < -0.3 is 10.1 Å². The zero-order valence-corrected chi connectivity index (χ0v) is 12.5. The zero-order valence-electron chi connectivity index (χ0n) is 11.7. The van der Waals surface area contributed by atoms with Crippen LogP contribution in [0.5, 0.6) is 11.5 Å². The van der Waals surface area contributed by atoms with Crippen LogP contribution in [0, 0.1) is 17.0 Å². The summed E-state index contributed by atoms with van der Waals surface area (Å²) in [5, 5.41) is 14.2. The Bertz CT molecular complexity index is 674. The highest BCUT2D eigenvalue weighted by Gasteiger charge is 2.12. The van der Waals surface area contributed by atoms with Crippen molar-refractivity contribution >= 4 is 17.3 Å². The lowest BCUT2D eigenvalue weighted by Crippen LogP contribution is -2.05.